The molecule has 1 atom stereocenters. The van der Waals surface area contributed by atoms with Crippen molar-refractivity contribution >= 4 is 17.2 Å². The van der Waals surface area contributed by atoms with E-state index in [2.05, 4.69) is 11.0 Å². The number of nitrogens with zero attached hydrogens (tertiary/aromatic N) is 2. The second-order valence-electron chi connectivity index (χ2n) is 8.73. The number of amides is 1. The number of ether oxygens (including phenoxy) is 1. The molecule has 2 saturated heterocycles. The van der Waals surface area contributed by atoms with Crippen LogP contribution in [0.5, 0.6) is 0 Å². The molecule has 0 bridgehead atoms. The monoisotopic (exact) mass is 390 g/mol. The average molecular weight is 391 g/mol. The predicted octanol–water partition coefficient (Wildman–Crippen LogP) is 2.76. The summed E-state index contributed by atoms with van der Waals surface area (Å²) in [7, 11) is 0. The maximum absolute atomic E-state index is 12.9. The maximum atomic E-state index is 12.9. The molecule has 1 aliphatic carbocycles. The summed E-state index contributed by atoms with van der Waals surface area (Å²) in [5.41, 5.74) is 1.15. The average Bonchev–Trinajstić information content (AvgIpc) is 3.43. The number of hydrogen-bond acceptors (Lipinski definition) is 5. The van der Waals surface area contributed by atoms with Crippen LogP contribution in [0.1, 0.15) is 65.1 Å². The number of fused-ring (bicyclic) bond motifs is 2. The fourth-order valence-electron chi connectivity index (χ4n) is 5.50. The quantitative estimate of drug-likeness (QED) is 0.844. The first-order valence-electron chi connectivity index (χ1n) is 10.6. The number of β-amino-alcohol motifs (C(OH)–C–C–N with tert-alkyl or cyclic N) is 1. The molecule has 6 heteroatoms. The van der Waals surface area contributed by atoms with Crippen LogP contribution in [0.4, 0.5) is 0 Å². The zero-order valence-electron chi connectivity index (χ0n) is 16.0. The molecule has 148 valence electrons. The SMILES string of the molecule is O=C(c1cc2c(s1)C1(CCN(C3CCCC3)CC1)OCC2)N1CC[C@@H](O)C1. The van der Waals surface area contributed by atoms with Gasteiger partial charge in [-0.15, -0.1) is 11.3 Å². The van der Waals surface area contributed by atoms with Gasteiger partial charge in [-0.05, 0) is 50.2 Å². The molecule has 1 aromatic heterocycles. The summed E-state index contributed by atoms with van der Waals surface area (Å²) < 4.78 is 6.40. The second-order valence-corrected chi connectivity index (χ2v) is 9.78. The summed E-state index contributed by atoms with van der Waals surface area (Å²) in [5.74, 6) is 0.0875. The van der Waals surface area contributed by atoms with Crippen LogP contribution in [-0.2, 0) is 16.8 Å². The lowest BCUT2D eigenvalue weighted by Gasteiger charge is -2.45. The standard InChI is InChI=1S/C21H30N2O3S/c24-17-5-9-23(14-17)20(25)18-13-15-6-12-26-21(19(15)27-18)7-10-22(11-8-21)16-3-1-2-4-16/h13,16-17,24H,1-12,14H2/t17-/m1/s1. The largest absolute Gasteiger partial charge is 0.391 e. The van der Waals surface area contributed by atoms with Gasteiger partial charge in [0, 0.05) is 37.1 Å². The Morgan fingerprint density at radius 1 is 1.19 bits per heavy atom. The van der Waals surface area contributed by atoms with E-state index in [1.54, 1.807) is 16.2 Å². The summed E-state index contributed by atoms with van der Waals surface area (Å²) in [5, 5.41) is 9.76. The van der Waals surface area contributed by atoms with Crippen molar-refractivity contribution in [1.29, 1.82) is 0 Å². The van der Waals surface area contributed by atoms with Gasteiger partial charge in [-0.3, -0.25) is 4.79 Å². The normalized spacial score (nSPS) is 28.8. The molecule has 1 saturated carbocycles. The number of carbonyl (C=O) groups excluding carboxylic acids is 1. The van der Waals surface area contributed by atoms with Gasteiger partial charge >= 0.3 is 0 Å². The first-order chi connectivity index (χ1) is 13.1. The molecule has 0 aromatic carbocycles. The minimum atomic E-state index is -0.363. The maximum Gasteiger partial charge on any atom is 0.264 e. The molecule has 3 aliphatic heterocycles. The van der Waals surface area contributed by atoms with Crippen LogP contribution < -0.4 is 0 Å². The van der Waals surface area contributed by atoms with Crippen molar-refractivity contribution in [2.75, 3.05) is 32.8 Å². The van der Waals surface area contributed by atoms with Crippen molar-refractivity contribution in [3.05, 3.63) is 21.4 Å². The third-order valence-corrected chi connectivity index (χ3v) is 8.43. The highest BCUT2D eigenvalue weighted by Gasteiger charge is 2.44. The molecular formula is C21H30N2O3S. The second kappa shape index (κ2) is 7.14. The Morgan fingerprint density at radius 2 is 1.96 bits per heavy atom. The van der Waals surface area contributed by atoms with Crippen molar-refractivity contribution in [2.45, 2.75) is 69.1 Å². The van der Waals surface area contributed by atoms with Crippen LogP contribution in [0.15, 0.2) is 6.07 Å². The molecule has 5 nitrogen and oxygen atoms in total. The van der Waals surface area contributed by atoms with E-state index in [1.807, 2.05) is 0 Å². The smallest absolute Gasteiger partial charge is 0.264 e. The topological polar surface area (TPSA) is 53.0 Å². The Labute approximate surface area is 165 Å². The van der Waals surface area contributed by atoms with Gasteiger partial charge in [0.2, 0.25) is 0 Å². The molecule has 3 fully saturated rings. The molecule has 1 spiro atoms. The lowest BCUT2D eigenvalue weighted by atomic mass is 9.84. The summed E-state index contributed by atoms with van der Waals surface area (Å²) >= 11 is 1.65. The summed E-state index contributed by atoms with van der Waals surface area (Å²) in [4.78, 5) is 19.5. The minimum Gasteiger partial charge on any atom is -0.391 e. The van der Waals surface area contributed by atoms with E-state index in [-0.39, 0.29) is 17.6 Å². The Hall–Kier alpha value is -0.950. The molecule has 0 radical (unpaired) electrons. The lowest BCUT2D eigenvalue weighted by Crippen LogP contribution is -2.48. The van der Waals surface area contributed by atoms with Crippen molar-refractivity contribution in [1.82, 2.24) is 9.80 Å². The van der Waals surface area contributed by atoms with Crippen molar-refractivity contribution < 1.29 is 14.6 Å². The number of rotatable bonds is 2. The van der Waals surface area contributed by atoms with Crippen LogP contribution in [0.3, 0.4) is 0 Å². The van der Waals surface area contributed by atoms with E-state index in [9.17, 15) is 9.90 Å². The fourth-order valence-corrected chi connectivity index (χ4v) is 6.88. The predicted molar refractivity (Wildman–Crippen MR) is 105 cm³/mol. The zero-order chi connectivity index (χ0) is 18.4. The highest BCUT2D eigenvalue weighted by molar-refractivity contribution is 7.14. The number of piperidine rings is 1. The number of likely N-dealkylation sites (tertiary alicyclic amines) is 2. The van der Waals surface area contributed by atoms with Crippen LogP contribution in [0.2, 0.25) is 0 Å². The third kappa shape index (κ3) is 3.24. The van der Waals surface area contributed by atoms with Gasteiger partial charge in [-0.2, -0.15) is 0 Å². The summed E-state index contributed by atoms with van der Waals surface area (Å²) in [6.07, 6.45) is 8.83. The molecule has 27 heavy (non-hydrogen) atoms. The Balaban J connectivity index is 1.34. The highest BCUT2D eigenvalue weighted by Crippen LogP contribution is 2.46. The van der Waals surface area contributed by atoms with E-state index >= 15 is 0 Å². The van der Waals surface area contributed by atoms with E-state index in [0.29, 0.717) is 19.5 Å². The van der Waals surface area contributed by atoms with Gasteiger partial charge in [-0.1, -0.05) is 12.8 Å². The van der Waals surface area contributed by atoms with Crippen molar-refractivity contribution in [2.24, 2.45) is 0 Å². The molecule has 0 unspecified atom stereocenters. The summed E-state index contributed by atoms with van der Waals surface area (Å²) in [6, 6.07) is 2.90. The van der Waals surface area contributed by atoms with Crippen molar-refractivity contribution in [3.63, 3.8) is 0 Å². The van der Waals surface area contributed by atoms with E-state index in [1.165, 1.54) is 36.1 Å². The van der Waals surface area contributed by atoms with Gasteiger partial charge in [-0.25, -0.2) is 0 Å². The fraction of sp³-hybridized carbons (Fsp3) is 0.762. The molecule has 1 aromatic rings. The third-order valence-electron chi connectivity index (χ3n) is 7.08. The molecule has 1 amide bonds. The van der Waals surface area contributed by atoms with E-state index < -0.39 is 0 Å². The van der Waals surface area contributed by atoms with E-state index in [4.69, 9.17) is 4.74 Å². The Kier molecular flexibility index (Phi) is 4.79. The summed E-state index contributed by atoms with van der Waals surface area (Å²) in [6.45, 7) is 4.14. The van der Waals surface area contributed by atoms with Gasteiger partial charge in [0.25, 0.3) is 5.91 Å². The van der Waals surface area contributed by atoms with Gasteiger partial charge < -0.3 is 19.6 Å². The number of aliphatic hydroxyl groups excluding tert-OH is 1. The molecule has 4 aliphatic rings. The number of hydrogen-bond donors (Lipinski definition) is 1. The molecule has 5 rings (SSSR count). The first kappa shape index (κ1) is 18.1. The number of aliphatic hydroxyl groups is 1. The Morgan fingerprint density at radius 3 is 2.67 bits per heavy atom. The zero-order valence-corrected chi connectivity index (χ0v) is 16.8. The van der Waals surface area contributed by atoms with E-state index in [0.717, 1.165) is 49.9 Å². The van der Waals surface area contributed by atoms with Crippen LogP contribution in [0, 0.1) is 0 Å². The molecular weight excluding hydrogens is 360 g/mol. The van der Waals surface area contributed by atoms with Crippen molar-refractivity contribution in [3.8, 4) is 0 Å². The molecule has 1 N–H and O–H groups in total. The Bertz CT molecular complexity index is 704. The van der Waals surface area contributed by atoms with Gasteiger partial charge in [0.05, 0.1) is 17.6 Å². The van der Waals surface area contributed by atoms with Gasteiger partial charge in [0.1, 0.15) is 5.60 Å². The number of thiophene rings is 1. The van der Waals surface area contributed by atoms with Crippen LogP contribution in [0.25, 0.3) is 0 Å². The van der Waals surface area contributed by atoms with Gasteiger partial charge in [0.15, 0.2) is 0 Å². The van der Waals surface area contributed by atoms with Crippen LogP contribution >= 0.6 is 11.3 Å². The number of carbonyl (C=O) groups is 1. The highest BCUT2D eigenvalue weighted by atomic mass is 32.1. The first-order valence-corrected chi connectivity index (χ1v) is 11.4. The lowest BCUT2D eigenvalue weighted by molar-refractivity contribution is -0.0996. The minimum absolute atomic E-state index is 0.0875. The van der Waals surface area contributed by atoms with Crippen LogP contribution in [-0.4, -0.2) is 65.7 Å². The molecule has 4 heterocycles.